The Morgan fingerprint density at radius 1 is 1.43 bits per heavy atom. The van der Waals surface area contributed by atoms with Crippen molar-refractivity contribution in [2.75, 3.05) is 31.3 Å². The number of rotatable bonds is 6. The lowest BCUT2D eigenvalue weighted by Crippen LogP contribution is -2.37. The van der Waals surface area contributed by atoms with Crippen LogP contribution in [0.5, 0.6) is 0 Å². The van der Waals surface area contributed by atoms with Crippen LogP contribution in [0.15, 0.2) is 23.1 Å². The predicted molar refractivity (Wildman–Crippen MR) is 84.5 cm³/mol. The molecule has 8 heteroatoms. The molecule has 2 rings (SSSR count). The number of aliphatic hydroxyl groups is 1. The number of aliphatic hydroxyl groups excluding tert-OH is 1. The molecule has 1 aromatic rings. The quantitative estimate of drug-likeness (QED) is 0.825. The molecule has 0 bridgehead atoms. The van der Waals surface area contributed by atoms with E-state index in [9.17, 15) is 22.7 Å². The van der Waals surface area contributed by atoms with Crippen LogP contribution in [0.2, 0.25) is 0 Å². The zero-order valence-corrected chi connectivity index (χ0v) is 14.0. The average Bonchev–Trinajstić information content (AvgIpc) is 3.29. The van der Waals surface area contributed by atoms with Crippen LogP contribution in [-0.2, 0) is 9.84 Å². The minimum absolute atomic E-state index is 0.0105. The SMILES string of the molecule is CCS(=O)(=O)c1cc(F)ccc1NC(=O)N(C)CC1(CO)CC1. The maximum Gasteiger partial charge on any atom is 0.321 e. The number of carbonyl (C=O) groups is 1. The molecule has 0 atom stereocenters. The zero-order valence-electron chi connectivity index (χ0n) is 13.2. The van der Waals surface area contributed by atoms with Crippen LogP contribution in [0, 0.1) is 11.2 Å². The van der Waals surface area contributed by atoms with E-state index in [1.54, 1.807) is 7.05 Å². The smallest absolute Gasteiger partial charge is 0.321 e. The van der Waals surface area contributed by atoms with Crippen molar-refractivity contribution in [1.29, 1.82) is 0 Å². The van der Waals surface area contributed by atoms with Crippen molar-refractivity contribution in [3.05, 3.63) is 24.0 Å². The summed E-state index contributed by atoms with van der Waals surface area (Å²) in [6.07, 6.45) is 1.71. The number of urea groups is 1. The van der Waals surface area contributed by atoms with E-state index >= 15 is 0 Å². The van der Waals surface area contributed by atoms with E-state index in [4.69, 9.17) is 0 Å². The summed E-state index contributed by atoms with van der Waals surface area (Å²) in [6, 6.07) is 2.75. The third-order valence-corrected chi connectivity index (χ3v) is 5.88. The standard InChI is InChI=1S/C15H21FN2O4S/c1-3-23(21,22)13-8-11(16)4-5-12(13)17-14(20)18(2)9-15(10-19)6-7-15/h4-5,8,19H,3,6-7,9-10H2,1-2H3,(H,17,20). The van der Waals surface area contributed by atoms with E-state index in [0.29, 0.717) is 6.54 Å². The molecule has 23 heavy (non-hydrogen) atoms. The summed E-state index contributed by atoms with van der Waals surface area (Å²) in [5.41, 5.74) is -0.188. The fraction of sp³-hybridized carbons (Fsp3) is 0.533. The molecule has 2 amide bonds. The Morgan fingerprint density at radius 3 is 2.61 bits per heavy atom. The second kappa shape index (κ2) is 6.45. The van der Waals surface area contributed by atoms with Gasteiger partial charge in [0, 0.05) is 19.0 Å². The Kier molecular flexibility index (Phi) is 4.95. The van der Waals surface area contributed by atoms with E-state index in [1.165, 1.54) is 17.9 Å². The Balaban J connectivity index is 2.18. The number of nitrogens with one attached hydrogen (secondary N) is 1. The maximum atomic E-state index is 13.4. The minimum Gasteiger partial charge on any atom is -0.396 e. The number of hydrogen-bond donors (Lipinski definition) is 2. The first kappa shape index (κ1) is 17.7. The molecule has 1 aromatic carbocycles. The first-order valence-corrected chi connectivity index (χ1v) is 9.03. The number of hydrogen-bond acceptors (Lipinski definition) is 4. The number of benzene rings is 1. The van der Waals surface area contributed by atoms with Gasteiger partial charge in [0.05, 0.1) is 22.9 Å². The van der Waals surface area contributed by atoms with Gasteiger partial charge in [0.15, 0.2) is 9.84 Å². The zero-order chi connectivity index (χ0) is 17.3. The molecule has 1 saturated carbocycles. The maximum absolute atomic E-state index is 13.4. The van der Waals surface area contributed by atoms with E-state index < -0.39 is 21.7 Å². The fourth-order valence-electron chi connectivity index (χ4n) is 2.34. The third kappa shape index (κ3) is 4.00. The van der Waals surface area contributed by atoms with Crippen LogP contribution in [-0.4, -0.2) is 50.4 Å². The monoisotopic (exact) mass is 344 g/mol. The summed E-state index contributed by atoms with van der Waals surface area (Å²) in [4.78, 5) is 13.4. The minimum atomic E-state index is -3.66. The molecule has 0 radical (unpaired) electrons. The van der Waals surface area contributed by atoms with E-state index in [-0.39, 0.29) is 28.4 Å². The highest BCUT2D eigenvalue weighted by Gasteiger charge is 2.43. The summed E-state index contributed by atoms with van der Waals surface area (Å²) < 4.78 is 37.5. The molecular weight excluding hydrogens is 323 g/mol. The molecule has 0 spiro atoms. The fourth-order valence-corrected chi connectivity index (χ4v) is 3.40. The second-order valence-electron chi connectivity index (χ2n) is 5.99. The summed E-state index contributed by atoms with van der Waals surface area (Å²) in [7, 11) is -2.09. The van der Waals surface area contributed by atoms with Gasteiger partial charge in [-0.2, -0.15) is 0 Å². The molecular formula is C15H21FN2O4S. The summed E-state index contributed by atoms with van der Waals surface area (Å²) in [6.45, 7) is 1.85. The molecule has 6 nitrogen and oxygen atoms in total. The lowest BCUT2D eigenvalue weighted by Gasteiger charge is -2.23. The Morgan fingerprint density at radius 2 is 2.09 bits per heavy atom. The molecule has 1 fully saturated rings. The first-order valence-electron chi connectivity index (χ1n) is 7.38. The average molecular weight is 344 g/mol. The van der Waals surface area contributed by atoms with Gasteiger partial charge in [-0.1, -0.05) is 6.92 Å². The second-order valence-corrected chi connectivity index (χ2v) is 8.23. The molecule has 0 heterocycles. The third-order valence-electron chi connectivity index (χ3n) is 4.11. The van der Waals surface area contributed by atoms with E-state index in [2.05, 4.69) is 5.32 Å². The van der Waals surface area contributed by atoms with Crippen molar-refractivity contribution < 1.29 is 22.7 Å². The number of anilines is 1. The van der Waals surface area contributed by atoms with Gasteiger partial charge in [-0.25, -0.2) is 17.6 Å². The molecule has 128 valence electrons. The van der Waals surface area contributed by atoms with Crippen molar-refractivity contribution in [2.24, 2.45) is 5.41 Å². The van der Waals surface area contributed by atoms with Gasteiger partial charge < -0.3 is 15.3 Å². The van der Waals surface area contributed by atoms with Crippen LogP contribution in [0.4, 0.5) is 14.9 Å². The van der Waals surface area contributed by atoms with Crippen molar-refractivity contribution in [2.45, 2.75) is 24.7 Å². The summed E-state index contributed by atoms with van der Waals surface area (Å²) >= 11 is 0. The predicted octanol–water partition coefficient (Wildman–Crippen LogP) is 1.86. The van der Waals surface area contributed by atoms with Gasteiger partial charge in [0.1, 0.15) is 5.82 Å². The lowest BCUT2D eigenvalue weighted by atomic mass is 10.1. The van der Waals surface area contributed by atoms with Gasteiger partial charge >= 0.3 is 6.03 Å². The lowest BCUT2D eigenvalue weighted by molar-refractivity contribution is 0.168. The Bertz CT molecular complexity index is 701. The van der Waals surface area contributed by atoms with Gasteiger partial charge in [-0.15, -0.1) is 0 Å². The summed E-state index contributed by atoms with van der Waals surface area (Å²) in [5, 5.41) is 11.8. The van der Waals surface area contributed by atoms with E-state index in [0.717, 1.165) is 25.0 Å². The molecule has 0 aliphatic heterocycles. The van der Waals surface area contributed by atoms with Gasteiger partial charge in [0.25, 0.3) is 0 Å². The molecule has 0 aromatic heterocycles. The molecule has 1 aliphatic carbocycles. The van der Waals surface area contributed by atoms with Crippen LogP contribution >= 0.6 is 0 Å². The molecule has 0 saturated heterocycles. The number of sulfone groups is 1. The number of carbonyl (C=O) groups excluding carboxylic acids is 1. The normalized spacial score (nSPS) is 16.0. The number of nitrogens with zero attached hydrogens (tertiary/aromatic N) is 1. The Labute approximate surface area is 135 Å². The van der Waals surface area contributed by atoms with Gasteiger partial charge in [-0.3, -0.25) is 0 Å². The van der Waals surface area contributed by atoms with Crippen molar-refractivity contribution in [3.63, 3.8) is 0 Å². The van der Waals surface area contributed by atoms with Crippen molar-refractivity contribution in [1.82, 2.24) is 4.90 Å². The van der Waals surface area contributed by atoms with E-state index in [1.807, 2.05) is 0 Å². The number of amides is 2. The highest BCUT2D eigenvalue weighted by Crippen LogP contribution is 2.45. The number of halogens is 1. The topological polar surface area (TPSA) is 86.7 Å². The van der Waals surface area contributed by atoms with Crippen LogP contribution in [0.3, 0.4) is 0 Å². The van der Waals surface area contributed by atoms with Gasteiger partial charge in [-0.05, 0) is 31.0 Å². The van der Waals surface area contributed by atoms with Crippen molar-refractivity contribution >= 4 is 21.6 Å². The molecule has 2 N–H and O–H groups in total. The van der Waals surface area contributed by atoms with Crippen LogP contribution in [0.25, 0.3) is 0 Å². The highest BCUT2D eigenvalue weighted by molar-refractivity contribution is 7.91. The van der Waals surface area contributed by atoms with Crippen molar-refractivity contribution in [3.8, 4) is 0 Å². The van der Waals surface area contributed by atoms with Crippen LogP contribution < -0.4 is 5.32 Å². The molecule has 1 aliphatic rings. The van der Waals surface area contributed by atoms with Crippen LogP contribution in [0.1, 0.15) is 19.8 Å². The Hall–Kier alpha value is -1.67. The van der Waals surface area contributed by atoms with Gasteiger partial charge in [0.2, 0.25) is 0 Å². The molecule has 0 unspecified atom stereocenters. The first-order chi connectivity index (χ1) is 10.7. The largest absolute Gasteiger partial charge is 0.396 e. The highest BCUT2D eigenvalue weighted by atomic mass is 32.2. The summed E-state index contributed by atoms with van der Waals surface area (Å²) in [5.74, 6) is -0.872.